The van der Waals surface area contributed by atoms with Gasteiger partial charge in [-0.3, -0.25) is 0 Å². The van der Waals surface area contributed by atoms with Gasteiger partial charge >= 0.3 is 0 Å². The maximum absolute atomic E-state index is 9.13. The zero-order valence-corrected chi connectivity index (χ0v) is 12.5. The first-order chi connectivity index (χ1) is 11.2. The molecule has 0 bridgehead atoms. The monoisotopic (exact) mass is 321 g/mol. The lowest BCUT2D eigenvalue weighted by atomic mass is 10.1. The molecule has 1 aromatic carbocycles. The quantitative estimate of drug-likeness (QED) is 0.420. The van der Waals surface area contributed by atoms with Crippen LogP contribution < -0.4 is 0 Å². The van der Waals surface area contributed by atoms with Gasteiger partial charge in [0.05, 0.1) is 0 Å². The normalized spacial score (nSPS) is 12.9. The summed E-state index contributed by atoms with van der Waals surface area (Å²) >= 11 is 6.05. The molecule has 7 heteroatoms. The maximum atomic E-state index is 9.13. The largest absolute Gasteiger partial charge is 0.391 e. The van der Waals surface area contributed by atoms with Crippen LogP contribution in [0.3, 0.4) is 0 Å². The van der Waals surface area contributed by atoms with Crippen molar-refractivity contribution < 1.29 is 4.84 Å². The molecule has 0 saturated heterocycles. The van der Waals surface area contributed by atoms with Crippen molar-refractivity contribution in [1.82, 2.24) is 9.97 Å². The van der Waals surface area contributed by atoms with Crippen LogP contribution in [0.1, 0.15) is 22.6 Å². The zero-order chi connectivity index (χ0) is 16.4. The topological polar surface area (TPSA) is 95.0 Å². The van der Waals surface area contributed by atoms with Crippen LogP contribution >= 0.6 is 11.6 Å². The molecule has 0 unspecified atom stereocenters. The fourth-order valence-electron chi connectivity index (χ4n) is 2.24. The Bertz CT molecular complexity index is 937. The van der Waals surface area contributed by atoms with Crippen molar-refractivity contribution in [3.8, 4) is 23.4 Å². The molecule has 1 aliphatic rings. The number of fused-ring (bicyclic) bond motifs is 3. The third kappa shape index (κ3) is 2.42. The predicted molar refractivity (Wildman–Crippen MR) is 83.7 cm³/mol. The van der Waals surface area contributed by atoms with Gasteiger partial charge < -0.3 is 4.84 Å². The van der Waals surface area contributed by atoms with Crippen LogP contribution in [0.4, 0.5) is 0 Å². The van der Waals surface area contributed by atoms with E-state index in [4.69, 9.17) is 27.0 Å². The minimum atomic E-state index is -0.0541. The first kappa shape index (κ1) is 14.7. The van der Waals surface area contributed by atoms with Crippen LogP contribution in [-0.4, -0.2) is 22.3 Å². The highest BCUT2D eigenvalue weighted by Gasteiger charge is 2.30. The maximum Gasteiger partial charge on any atom is 0.177 e. The van der Waals surface area contributed by atoms with Crippen LogP contribution in [-0.2, 0) is 4.84 Å². The number of rotatable bonds is 3. The molecule has 110 valence electrons. The van der Waals surface area contributed by atoms with Gasteiger partial charge in [-0.15, -0.1) is 0 Å². The molecule has 0 amide bonds. The molecule has 0 radical (unpaired) electrons. The summed E-state index contributed by atoms with van der Waals surface area (Å²) in [5.41, 5.74) is 2.64. The molecule has 1 heterocycles. The number of nitriles is 2. The number of hydrogen-bond donors (Lipinski definition) is 0. The molecule has 23 heavy (non-hydrogen) atoms. The van der Waals surface area contributed by atoms with E-state index in [0.717, 1.165) is 5.56 Å². The van der Waals surface area contributed by atoms with E-state index in [1.54, 1.807) is 24.3 Å². The number of aromatic nitrogens is 2. The Morgan fingerprint density at radius 2 is 1.87 bits per heavy atom. The summed E-state index contributed by atoms with van der Waals surface area (Å²) in [6.07, 6.45) is 1.56. The van der Waals surface area contributed by atoms with Crippen molar-refractivity contribution in [2.45, 2.75) is 0 Å². The summed E-state index contributed by atoms with van der Waals surface area (Å²) in [4.78, 5) is 13.6. The Balaban J connectivity index is 2.27. The number of benzene rings is 1. The number of hydrogen-bond acceptors (Lipinski definition) is 6. The summed E-state index contributed by atoms with van der Waals surface area (Å²) < 4.78 is 0. The summed E-state index contributed by atoms with van der Waals surface area (Å²) in [6, 6.07) is 8.95. The van der Waals surface area contributed by atoms with E-state index < -0.39 is 0 Å². The lowest BCUT2D eigenvalue weighted by Crippen LogP contribution is -2.06. The molecular formula is C16H8ClN5O. The van der Waals surface area contributed by atoms with E-state index in [-0.39, 0.29) is 18.0 Å². The fourth-order valence-corrected chi connectivity index (χ4v) is 2.41. The summed E-state index contributed by atoms with van der Waals surface area (Å²) in [5.74, 6) is 0. The van der Waals surface area contributed by atoms with Crippen LogP contribution in [0.2, 0.25) is 5.02 Å². The van der Waals surface area contributed by atoms with Gasteiger partial charge in [-0.1, -0.05) is 35.5 Å². The molecule has 0 N–H and O–H groups in total. The van der Waals surface area contributed by atoms with Gasteiger partial charge in [0, 0.05) is 16.1 Å². The Kier molecular flexibility index (Phi) is 3.76. The Labute approximate surface area is 136 Å². The molecule has 2 aromatic rings. The van der Waals surface area contributed by atoms with E-state index in [1.807, 2.05) is 12.1 Å². The average molecular weight is 322 g/mol. The van der Waals surface area contributed by atoms with Gasteiger partial charge in [-0.05, 0) is 12.1 Å². The highest BCUT2D eigenvalue weighted by molar-refractivity contribution is 6.32. The van der Waals surface area contributed by atoms with Crippen molar-refractivity contribution in [1.29, 1.82) is 10.5 Å². The van der Waals surface area contributed by atoms with E-state index in [0.29, 0.717) is 27.7 Å². The predicted octanol–water partition coefficient (Wildman–Crippen LogP) is 2.81. The van der Waals surface area contributed by atoms with Crippen molar-refractivity contribution in [2.24, 2.45) is 5.16 Å². The third-order valence-corrected chi connectivity index (χ3v) is 3.41. The second-order valence-electron chi connectivity index (χ2n) is 4.56. The molecule has 3 rings (SSSR count). The minimum absolute atomic E-state index is 0.0274. The molecule has 0 aliphatic heterocycles. The molecule has 1 aliphatic carbocycles. The third-order valence-electron chi connectivity index (χ3n) is 3.17. The van der Waals surface area contributed by atoms with Gasteiger partial charge in [0.1, 0.15) is 35.8 Å². The minimum Gasteiger partial charge on any atom is -0.391 e. The van der Waals surface area contributed by atoms with Crippen molar-refractivity contribution in [3.63, 3.8) is 0 Å². The van der Waals surface area contributed by atoms with Crippen LogP contribution in [0, 0.1) is 22.7 Å². The number of nitrogens with zero attached hydrogens (tertiary/aromatic N) is 5. The highest BCUT2D eigenvalue weighted by Crippen LogP contribution is 2.36. The second kappa shape index (κ2) is 5.88. The number of oxime groups is 1. The lowest BCUT2D eigenvalue weighted by Gasteiger charge is -2.01. The van der Waals surface area contributed by atoms with Crippen LogP contribution in [0.5, 0.6) is 0 Å². The summed E-state index contributed by atoms with van der Waals surface area (Å²) in [6.45, 7) is 3.78. The standard InChI is InChI=1S/C16H8ClN5O/c1-2-5-23-22-15-11-6-9(17)3-4-10(11)14-16(15)21-13(8-19)12(7-18)20-14/h2-4,6H,1,5H2/b22-15-. The SMILES string of the molecule is C=CCO/N=C1/c2cc(Cl)ccc2-c2nc(C#N)c(C#N)nc21. The molecule has 0 fully saturated rings. The molecular weight excluding hydrogens is 314 g/mol. The fraction of sp³-hybridized carbons (Fsp3) is 0.0625. The molecule has 0 atom stereocenters. The van der Waals surface area contributed by atoms with Crippen LogP contribution in [0.15, 0.2) is 36.0 Å². The molecule has 6 nitrogen and oxygen atoms in total. The smallest absolute Gasteiger partial charge is 0.177 e. The van der Waals surface area contributed by atoms with Gasteiger partial charge in [-0.2, -0.15) is 10.5 Å². The molecule has 0 spiro atoms. The number of halogens is 1. The van der Waals surface area contributed by atoms with E-state index in [9.17, 15) is 0 Å². The van der Waals surface area contributed by atoms with E-state index >= 15 is 0 Å². The highest BCUT2D eigenvalue weighted by atomic mass is 35.5. The Morgan fingerprint density at radius 3 is 2.52 bits per heavy atom. The molecule has 1 aromatic heterocycles. The van der Waals surface area contributed by atoms with Crippen molar-refractivity contribution in [3.05, 3.63) is 58.5 Å². The van der Waals surface area contributed by atoms with Crippen molar-refractivity contribution >= 4 is 17.3 Å². The summed E-state index contributed by atoms with van der Waals surface area (Å²) in [7, 11) is 0. The lowest BCUT2D eigenvalue weighted by molar-refractivity contribution is 0.175. The van der Waals surface area contributed by atoms with Crippen molar-refractivity contribution in [2.75, 3.05) is 6.61 Å². The van der Waals surface area contributed by atoms with Crippen LogP contribution in [0.25, 0.3) is 11.3 Å². The van der Waals surface area contributed by atoms with E-state index in [1.165, 1.54) is 0 Å². The first-order valence-corrected chi connectivity index (χ1v) is 6.91. The van der Waals surface area contributed by atoms with E-state index in [2.05, 4.69) is 21.7 Å². The van der Waals surface area contributed by atoms with Gasteiger partial charge in [0.25, 0.3) is 0 Å². The Morgan fingerprint density at radius 1 is 1.17 bits per heavy atom. The Hall–Kier alpha value is -3.22. The zero-order valence-electron chi connectivity index (χ0n) is 11.7. The summed E-state index contributed by atoms with van der Waals surface area (Å²) in [5, 5.41) is 22.8. The van der Waals surface area contributed by atoms with Gasteiger partial charge in [0.2, 0.25) is 0 Å². The second-order valence-corrected chi connectivity index (χ2v) is 4.99. The molecule has 0 saturated carbocycles. The van der Waals surface area contributed by atoms with Gasteiger partial charge in [0.15, 0.2) is 11.4 Å². The average Bonchev–Trinajstić information content (AvgIpc) is 2.86. The first-order valence-electron chi connectivity index (χ1n) is 6.53. The van der Waals surface area contributed by atoms with Gasteiger partial charge in [-0.25, -0.2) is 9.97 Å².